The molecule has 0 atom stereocenters. The molecule has 13 heavy (non-hydrogen) atoms. The first-order valence-corrected chi connectivity index (χ1v) is 6.67. The topological polar surface area (TPSA) is 0 Å². The molecule has 0 heterocycles. The van der Waals surface area contributed by atoms with Gasteiger partial charge in [-0.15, -0.1) is 0 Å². The average Bonchev–Trinajstić information content (AvgIpc) is 2.09. The van der Waals surface area contributed by atoms with E-state index in [1.165, 1.54) is 54.9 Å². The van der Waals surface area contributed by atoms with Crippen LogP contribution in [0, 0.1) is 0 Å². The second kappa shape index (κ2) is 10.6. The summed E-state index contributed by atoms with van der Waals surface area (Å²) in [6.07, 6.45) is 13.5. The SMILES string of the molecule is CCCCCCCCC/C=C(\C)I. The highest BCUT2D eigenvalue weighted by Gasteiger charge is 1.89. The fourth-order valence-electron chi connectivity index (χ4n) is 1.40. The molecule has 0 N–H and O–H groups in total. The van der Waals surface area contributed by atoms with E-state index in [-0.39, 0.29) is 0 Å². The van der Waals surface area contributed by atoms with Crippen LogP contribution < -0.4 is 0 Å². The Kier molecular flexibility index (Phi) is 10.9. The summed E-state index contributed by atoms with van der Waals surface area (Å²) in [5.41, 5.74) is 0. The number of allylic oxidation sites excluding steroid dienone is 2. The molecule has 0 radical (unpaired) electrons. The van der Waals surface area contributed by atoms with Crippen LogP contribution in [-0.2, 0) is 0 Å². The van der Waals surface area contributed by atoms with Crippen molar-refractivity contribution in [2.45, 2.75) is 65.2 Å². The molecule has 0 nitrogen and oxygen atoms in total. The molecule has 1 heteroatoms. The molecule has 0 aliphatic heterocycles. The summed E-state index contributed by atoms with van der Waals surface area (Å²) in [5, 5.41) is 0. The van der Waals surface area contributed by atoms with Crippen LogP contribution >= 0.6 is 22.6 Å². The van der Waals surface area contributed by atoms with E-state index in [0.29, 0.717) is 0 Å². The predicted molar refractivity (Wildman–Crippen MR) is 70.4 cm³/mol. The molecule has 0 aliphatic carbocycles. The van der Waals surface area contributed by atoms with Crippen molar-refractivity contribution >= 4 is 22.6 Å². The summed E-state index contributed by atoms with van der Waals surface area (Å²) in [4.78, 5) is 0. The molecular formula is C12H23I. The van der Waals surface area contributed by atoms with Gasteiger partial charge in [0, 0.05) is 0 Å². The van der Waals surface area contributed by atoms with Crippen molar-refractivity contribution in [3.8, 4) is 0 Å². The molecule has 0 saturated heterocycles. The van der Waals surface area contributed by atoms with Crippen LogP contribution in [0.2, 0.25) is 0 Å². The highest BCUT2D eigenvalue weighted by atomic mass is 127. The lowest BCUT2D eigenvalue weighted by molar-refractivity contribution is 0.592. The molecule has 0 unspecified atom stereocenters. The normalized spacial score (nSPS) is 12.1. The van der Waals surface area contributed by atoms with Gasteiger partial charge in [0.05, 0.1) is 0 Å². The molecular weight excluding hydrogens is 271 g/mol. The minimum absolute atomic E-state index is 1.28. The molecule has 0 aromatic rings. The highest BCUT2D eigenvalue weighted by Crippen LogP contribution is 2.11. The van der Waals surface area contributed by atoms with Crippen molar-refractivity contribution in [1.82, 2.24) is 0 Å². The van der Waals surface area contributed by atoms with Crippen molar-refractivity contribution in [1.29, 1.82) is 0 Å². The van der Waals surface area contributed by atoms with Crippen molar-refractivity contribution in [2.24, 2.45) is 0 Å². The Morgan fingerprint density at radius 3 is 2.08 bits per heavy atom. The minimum atomic E-state index is 1.28. The number of halogens is 1. The average molecular weight is 294 g/mol. The van der Waals surface area contributed by atoms with Crippen LogP contribution in [0.3, 0.4) is 0 Å². The van der Waals surface area contributed by atoms with Gasteiger partial charge < -0.3 is 0 Å². The van der Waals surface area contributed by atoms with E-state index in [4.69, 9.17) is 0 Å². The van der Waals surface area contributed by atoms with E-state index in [9.17, 15) is 0 Å². The lowest BCUT2D eigenvalue weighted by Gasteiger charge is -1.98. The van der Waals surface area contributed by atoms with Gasteiger partial charge in [0.2, 0.25) is 0 Å². The van der Waals surface area contributed by atoms with Gasteiger partial charge in [-0.05, 0) is 45.9 Å². The lowest BCUT2D eigenvalue weighted by Crippen LogP contribution is -1.78. The molecule has 78 valence electrons. The molecule has 0 aromatic heterocycles. The van der Waals surface area contributed by atoms with Crippen LogP contribution in [-0.4, -0.2) is 0 Å². The smallest absolute Gasteiger partial charge is 0.0165 e. The van der Waals surface area contributed by atoms with E-state index < -0.39 is 0 Å². The summed E-state index contributed by atoms with van der Waals surface area (Å²) in [7, 11) is 0. The standard InChI is InChI=1S/C12H23I/c1-3-4-5-6-7-8-9-10-11-12(2)13/h11H,3-10H2,1-2H3/b12-11+. The minimum Gasteiger partial charge on any atom is -0.0755 e. The summed E-state index contributed by atoms with van der Waals surface area (Å²) in [5.74, 6) is 0. The van der Waals surface area contributed by atoms with Crippen LogP contribution in [0.4, 0.5) is 0 Å². The zero-order chi connectivity index (χ0) is 9.94. The highest BCUT2D eigenvalue weighted by molar-refractivity contribution is 14.1. The zero-order valence-corrected chi connectivity index (χ0v) is 11.3. The predicted octanol–water partition coefficient (Wildman–Crippen LogP) is 5.47. The zero-order valence-electron chi connectivity index (χ0n) is 9.11. The molecule has 0 aromatic carbocycles. The summed E-state index contributed by atoms with van der Waals surface area (Å²) < 4.78 is 1.43. The first-order chi connectivity index (χ1) is 6.27. The first kappa shape index (κ1) is 13.5. The Hall–Kier alpha value is 0.470. The fourth-order valence-corrected chi connectivity index (χ4v) is 1.71. The Morgan fingerprint density at radius 2 is 1.54 bits per heavy atom. The summed E-state index contributed by atoms with van der Waals surface area (Å²) >= 11 is 2.38. The Labute approximate surface area is 97.3 Å². The van der Waals surface area contributed by atoms with Gasteiger partial charge >= 0.3 is 0 Å². The van der Waals surface area contributed by atoms with Gasteiger partial charge in [-0.3, -0.25) is 0 Å². The monoisotopic (exact) mass is 294 g/mol. The van der Waals surface area contributed by atoms with Crippen LogP contribution in [0.5, 0.6) is 0 Å². The summed E-state index contributed by atoms with van der Waals surface area (Å²) in [6, 6.07) is 0. The number of hydrogen-bond acceptors (Lipinski definition) is 0. The van der Waals surface area contributed by atoms with Gasteiger partial charge in [-0.2, -0.15) is 0 Å². The molecule has 0 fully saturated rings. The maximum atomic E-state index is 2.38. The third-order valence-electron chi connectivity index (χ3n) is 2.23. The van der Waals surface area contributed by atoms with E-state index in [1.807, 2.05) is 0 Å². The summed E-state index contributed by atoms with van der Waals surface area (Å²) in [6.45, 7) is 4.44. The van der Waals surface area contributed by atoms with Crippen LogP contribution in [0.1, 0.15) is 65.2 Å². The van der Waals surface area contributed by atoms with E-state index in [2.05, 4.69) is 42.5 Å². The Balaban J connectivity index is 2.96. The molecule has 0 spiro atoms. The molecule has 0 bridgehead atoms. The largest absolute Gasteiger partial charge is 0.0755 e. The lowest BCUT2D eigenvalue weighted by atomic mass is 10.1. The number of hydrogen-bond donors (Lipinski definition) is 0. The van der Waals surface area contributed by atoms with Crippen molar-refractivity contribution in [3.63, 3.8) is 0 Å². The Bertz CT molecular complexity index is 123. The van der Waals surface area contributed by atoms with Crippen molar-refractivity contribution < 1.29 is 0 Å². The second-order valence-electron chi connectivity index (χ2n) is 3.70. The second-order valence-corrected chi connectivity index (χ2v) is 5.40. The molecule has 0 amide bonds. The fraction of sp³-hybridized carbons (Fsp3) is 0.833. The molecule has 0 aliphatic rings. The molecule has 0 saturated carbocycles. The Morgan fingerprint density at radius 1 is 1.00 bits per heavy atom. The van der Waals surface area contributed by atoms with E-state index >= 15 is 0 Å². The maximum Gasteiger partial charge on any atom is -0.0165 e. The van der Waals surface area contributed by atoms with E-state index in [0.717, 1.165) is 0 Å². The quantitative estimate of drug-likeness (QED) is 0.411. The van der Waals surface area contributed by atoms with Crippen molar-refractivity contribution in [2.75, 3.05) is 0 Å². The van der Waals surface area contributed by atoms with E-state index in [1.54, 1.807) is 0 Å². The number of rotatable bonds is 8. The van der Waals surface area contributed by atoms with Gasteiger partial charge in [0.15, 0.2) is 0 Å². The molecule has 0 rings (SSSR count). The van der Waals surface area contributed by atoms with Gasteiger partial charge in [-0.1, -0.05) is 51.5 Å². The van der Waals surface area contributed by atoms with Crippen LogP contribution in [0.15, 0.2) is 9.66 Å². The first-order valence-electron chi connectivity index (χ1n) is 5.59. The van der Waals surface area contributed by atoms with Gasteiger partial charge in [0.1, 0.15) is 0 Å². The third-order valence-corrected chi connectivity index (χ3v) is 2.67. The van der Waals surface area contributed by atoms with Gasteiger partial charge in [-0.25, -0.2) is 0 Å². The maximum absolute atomic E-state index is 2.38. The van der Waals surface area contributed by atoms with Crippen LogP contribution in [0.25, 0.3) is 0 Å². The third kappa shape index (κ3) is 12.5. The van der Waals surface area contributed by atoms with Gasteiger partial charge in [0.25, 0.3) is 0 Å². The van der Waals surface area contributed by atoms with Crippen molar-refractivity contribution in [3.05, 3.63) is 9.66 Å². The number of unbranched alkanes of at least 4 members (excludes halogenated alkanes) is 7.